The van der Waals surface area contributed by atoms with Crippen LogP contribution in [0.5, 0.6) is 0 Å². The summed E-state index contributed by atoms with van der Waals surface area (Å²) < 4.78 is 3.15. The number of hydrogen-bond acceptors (Lipinski definition) is 7. The smallest absolute Gasteiger partial charge is 0.0984 e. The van der Waals surface area contributed by atoms with Crippen molar-refractivity contribution in [3.8, 4) is 0 Å². The van der Waals surface area contributed by atoms with Crippen LogP contribution in [0.2, 0.25) is 0 Å². The second kappa shape index (κ2) is 9.97. The number of nitrogens with zero attached hydrogens (tertiary/aromatic N) is 3. The highest BCUT2D eigenvalue weighted by atomic mass is 32.2. The SMILES string of the molecule is CCN(CC)c1ccc(CN(N)/C=C(\N)SNCc2ccn[nH]2)cc1. The molecule has 0 aliphatic rings. The second-order valence-corrected chi connectivity index (χ2v) is 6.51. The van der Waals surface area contributed by atoms with E-state index in [0.717, 1.165) is 24.3 Å². The maximum absolute atomic E-state index is 6.03. The molecule has 1 aromatic heterocycles. The summed E-state index contributed by atoms with van der Waals surface area (Å²) in [6, 6.07) is 10.4. The molecule has 0 unspecified atom stereocenters. The molecule has 0 aliphatic carbocycles. The molecule has 7 nitrogen and oxygen atoms in total. The average molecular weight is 362 g/mol. The molecule has 0 atom stereocenters. The molecule has 0 saturated heterocycles. The van der Waals surface area contributed by atoms with Gasteiger partial charge in [-0.2, -0.15) is 5.10 Å². The van der Waals surface area contributed by atoms with Gasteiger partial charge >= 0.3 is 0 Å². The van der Waals surface area contributed by atoms with Crippen molar-refractivity contribution < 1.29 is 0 Å². The summed E-state index contributed by atoms with van der Waals surface area (Å²) in [5.41, 5.74) is 9.34. The first-order valence-electron chi connectivity index (χ1n) is 8.32. The maximum atomic E-state index is 6.03. The minimum atomic E-state index is 0.598. The predicted octanol–water partition coefficient (Wildman–Crippen LogP) is 2.13. The number of nitrogens with two attached hydrogens (primary N) is 2. The monoisotopic (exact) mass is 361 g/mol. The van der Waals surface area contributed by atoms with E-state index in [-0.39, 0.29) is 0 Å². The number of rotatable bonds is 10. The summed E-state index contributed by atoms with van der Waals surface area (Å²) in [6.45, 7) is 7.56. The summed E-state index contributed by atoms with van der Waals surface area (Å²) in [4.78, 5) is 2.31. The molecule has 0 aliphatic heterocycles. The van der Waals surface area contributed by atoms with E-state index in [9.17, 15) is 0 Å². The summed E-state index contributed by atoms with van der Waals surface area (Å²) in [5.74, 6) is 6.03. The van der Waals surface area contributed by atoms with Crippen molar-refractivity contribution in [1.82, 2.24) is 19.9 Å². The van der Waals surface area contributed by atoms with E-state index in [1.165, 1.54) is 17.6 Å². The molecule has 1 heterocycles. The molecule has 0 amide bonds. The van der Waals surface area contributed by atoms with E-state index in [0.29, 0.717) is 18.1 Å². The Morgan fingerprint density at radius 3 is 2.56 bits per heavy atom. The summed E-state index contributed by atoms with van der Waals surface area (Å²) in [6.07, 6.45) is 3.44. The zero-order chi connectivity index (χ0) is 18.1. The van der Waals surface area contributed by atoms with E-state index in [1.807, 2.05) is 6.07 Å². The summed E-state index contributed by atoms with van der Waals surface area (Å²) in [5, 5.41) is 8.96. The van der Waals surface area contributed by atoms with Gasteiger partial charge in [-0.1, -0.05) is 12.1 Å². The van der Waals surface area contributed by atoms with Gasteiger partial charge in [-0.05, 0) is 49.6 Å². The Bertz CT molecular complexity index is 636. The van der Waals surface area contributed by atoms with Crippen LogP contribution >= 0.6 is 11.9 Å². The molecule has 0 saturated carbocycles. The van der Waals surface area contributed by atoms with Crippen LogP contribution in [-0.2, 0) is 13.1 Å². The van der Waals surface area contributed by atoms with Crippen molar-refractivity contribution in [3.63, 3.8) is 0 Å². The Morgan fingerprint density at radius 1 is 1.24 bits per heavy atom. The number of H-pyrrole nitrogens is 1. The van der Waals surface area contributed by atoms with Crippen LogP contribution in [0.15, 0.2) is 47.8 Å². The molecule has 0 radical (unpaired) electrons. The Hall–Kier alpha value is -2.16. The maximum Gasteiger partial charge on any atom is 0.0984 e. The molecule has 0 fully saturated rings. The molecular formula is C17H27N7S. The van der Waals surface area contributed by atoms with Gasteiger partial charge < -0.3 is 15.6 Å². The molecule has 2 rings (SSSR count). The van der Waals surface area contributed by atoms with Crippen molar-refractivity contribution in [2.24, 2.45) is 11.6 Å². The lowest BCUT2D eigenvalue weighted by Gasteiger charge is -2.21. The molecule has 25 heavy (non-hydrogen) atoms. The fraction of sp³-hybridized carbons (Fsp3) is 0.353. The molecule has 8 heteroatoms. The van der Waals surface area contributed by atoms with Gasteiger partial charge in [0.15, 0.2) is 0 Å². The summed E-state index contributed by atoms with van der Waals surface area (Å²) >= 11 is 1.34. The van der Waals surface area contributed by atoms with E-state index >= 15 is 0 Å². The molecular weight excluding hydrogens is 334 g/mol. The lowest BCUT2D eigenvalue weighted by Crippen LogP contribution is -2.26. The molecule has 136 valence electrons. The fourth-order valence-electron chi connectivity index (χ4n) is 2.43. The highest BCUT2D eigenvalue weighted by molar-refractivity contribution is 8.01. The van der Waals surface area contributed by atoms with Crippen molar-refractivity contribution in [1.29, 1.82) is 0 Å². The summed E-state index contributed by atoms with van der Waals surface area (Å²) in [7, 11) is 0. The van der Waals surface area contributed by atoms with E-state index in [4.69, 9.17) is 11.6 Å². The Labute approximate surface area is 153 Å². The van der Waals surface area contributed by atoms with Crippen LogP contribution in [0, 0.1) is 0 Å². The number of benzene rings is 1. The first-order chi connectivity index (χ1) is 12.1. The standard InChI is InChI=1S/C17H27N7S/c1-3-23(4-2)16-7-5-14(6-8-16)12-24(19)13-17(18)25-21-11-15-9-10-20-22-15/h5-10,13,21H,3-4,11-12,18-19H2,1-2H3,(H,20,22)/b17-13+. The van der Waals surface area contributed by atoms with Gasteiger partial charge in [0.1, 0.15) is 0 Å². The third-order valence-corrected chi connectivity index (χ3v) is 4.36. The van der Waals surface area contributed by atoms with E-state index in [2.05, 4.69) is 57.9 Å². The number of aromatic nitrogens is 2. The van der Waals surface area contributed by atoms with Gasteiger partial charge in [0.25, 0.3) is 0 Å². The number of aromatic amines is 1. The van der Waals surface area contributed by atoms with Gasteiger partial charge in [0.2, 0.25) is 0 Å². The van der Waals surface area contributed by atoms with Crippen LogP contribution in [0.25, 0.3) is 0 Å². The van der Waals surface area contributed by atoms with Crippen LogP contribution in [-0.4, -0.2) is 28.3 Å². The van der Waals surface area contributed by atoms with Crippen LogP contribution in [0.4, 0.5) is 5.69 Å². The van der Waals surface area contributed by atoms with Gasteiger partial charge in [0, 0.05) is 43.4 Å². The average Bonchev–Trinajstić information content (AvgIpc) is 3.10. The minimum Gasteiger partial charge on any atom is -0.391 e. The van der Waals surface area contributed by atoms with Gasteiger partial charge in [0.05, 0.1) is 11.6 Å². The number of nitrogens with one attached hydrogen (secondary N) is 2. The second-order valence-electron chi connectivity index (χ2n) is 5.55. The zero-order valence-electron chi connectivity index (χ0n) is 14.8. The Balaban J connectivity index is 1.80. The quantitative estimate of drug-likeness (QED) is 0.292. The Kier molecular flexibility index (Phi) is 7.65. The normalized spacial score (nSPS) is 11.6. The highest BCUT2D eigenvalue weighted by Gasteiger charge is 2.03. The number of anilines is 1. The molecule has 0 bridgehead atoms. The third kappa shape index (κ3) is 6.33. The molecule has 6 N–H and O–H groups in total. The lowest BCUT2D eigenvalue weighted by atomic mass is 10.2. The number of hydrazine groups is 1. The Morgan fingerprint density at radius 2 is 1.96 bits per heavy atom. The van der Waals surface area contributed by atoms with Crippen molar-refractivity contribution in [3.05, 3.63) is 59.0 Å². The lowest BCUT2D eigenvalue weighted by molar-refractivity contribution is 0.385. The van der Waals surface area contributed by atoms with E-state index in [1.54, 1.807) is 17.4 Å². The van der Waals surface area contributed by atoms with Crippen LogP contribution < -0.4 is 21.2 Å². The van der Waals surface area contributed by atoms with Crippen molar-refractivity contribution >= 4 is 17.6 Å². The zero-order valence-corrected chi connectivity index (χ0v) is 15.6. The minimum absolute atomic E-state index is 0.598. The number of hydrogen-bond donors (Lipinski definition) is 4. The topological polar surface area (TPSA) is 99.2 Å². The van der Waals surface area contributed by atoms with Gasteiger partial charge in [-0.25, -0.2) is 5.84 Å². The molecule has 2 aromatic rings. The van der Waals surface area contributed by atoms with Crippen LogP contribution in [0.1, 0.15) is 25.1 Å². The molecule has 0 spiro atoms. The van der Waals surface area contributed by atoms with Gasteiger partial charge in [-0.3, -0.25) is 9.82 Å². The van der Waals surface area contributed by atoms with Crippen LogP contribution in [0.3, 0.4) is 0 Å². The first-order valence-corrected chi connectivity index (χ1v) is 9.14. The van der Waals surface area contributed by atoms with Crippen molar-refractivity contribution in [2.45, 2.75) is 26.9 Å². The first kappa shape index (κ1) is 19.2. The largest absolute Gasteiger partial charge is 0.391 e. The molecule has 1 aromatic carbocycles. The predicted molar refractivity (Wildman–Crippen MR) is 105 cm³/mol. The van der Waals surface area contributed by atoms with Crippen molar-refractivity contribution in [2.75, 3.05) is 18.0 Å². The highest BCUT2D eigenvalue weighted by Crippen LogP contribution is 2.16. The fourth-order valence-corrected chi connectivity index (χ4v) is 3.01. The van der Waals surface area contributed by atoms with E-state index < -0.39 is 0 Å². The third-order valence-electron chi connectivity index (χ3n) is 3.73. The van der Waals surface area contributed by atoms with Gasteiger partial charge in [-0.15, -0.1) is 0 Å².